The summed E-state index contributed by atoms with van der Waals surface area (Å²) >= 11 is 0. The monoisotopic (exact) mass is 372 g/mol. The number of carbonyl (C=O) groups is 2. The van der Waals surface area contributed by atoms with Crippen molar-refractivity contribution in [3.8, 4) is 0 Å². The fraction of sp³-hybridized carbons (Fsp3) is 0.625. The van der Waals surface area contributed by atoms with E-state index < -0.39 is 34.8 Å². The molecule has 3 N–H and O–H groups in total. The minimum Gasteiger partial charge on any atom is -0.444 e. The number of alkyl carbamates (subject to hydrolysis) is 1. The Kier molecular flexibility index (Phi) is 8.01. The number of aromatic nitrogens is 2. The van der Waals surface area contributed by atoms with Gasteiger partial charge in [0.15, 0.2) is 0 Å². The van der Waals surface area contributed by atoms with Gasteiger partial charge in [0.2, 0.25) is 5.82 Å². The minimum atomic E-state index is -1.21. The van der Waals surface area contributed by atoms with E-state index in [1.54, 1.807) is 25.8 Å². The van der Waals surface area contributed by atoms with Crippen LogP contribution in [-0.2, 0) is 4.74 Å². The second-order valence-corrected chi connectivity index (χ2v) is 6.68. The zero-order chi connectivity index (χ0) is 19.7. The van der Waals surface area contributed by atoms with Gasteiger partial charge in [-0.3, -0.25) is 9.78 Å². The van der Waals surface area contributed by atoms with Crippen molar-refractivity contribution in [3.05, 3.63) is 32.9 Å². The number of halogens is 1. The fourth-order valence-electron chi connectivity index (χ4n) is 1.99. The van der Waals surface area contributed by atoms with Crippen molar-refractivity contribution >= 4 is 12.1 Å². The number of hydrogen-bond donors (Lipinski definition) is 3. The van der Waals surface area contributed by atoms with Gasteiger partial charge in [0.1, 0.15) is 5.60 Å². The van der Waals surface area contributed by atoms with Crippen LogP contribution >= 0.6 is 0 Å². The molecule has 2 amide bonds. The van der Waals surface area contributed by atoms with E-state index in [4.69, 9.17) is 4.74 Å². The number of ether oxygens (including phenoxy) is 1. The van der Waals surface area contributed by atoms with Crippen molar-refractivity contribution in [3.63, 3.8) is 0 Å². The van der Waals surface area contributed by atoms with Crippen LogP contribution in [-0.4, -0.2) is 40.4 Å². The lowest BCUT2D eigenvalue weighted by atomic mass is 10.2. The summed E-state index contributed by atoms with van der Waals surface area (Å²) in [6.45, 7) is 6.15. The van der Waals surface area contributed by atoms with Crippen LogP contribution in [0.3, 0.4) is 0 Å². The first-order valence-corrected chi connectivity index (χ1v) is 8.36. The Balaban J connectivity index is 2.17. The van der Waals surface area contributed by atoms with Gasteiger partial charge in [0, 0.05) is 13.1 Å². The predicted molar refractivity (Wildman–Crippen MR) is 92.8 cm³/mol. The molecule has 0 saturated carbocycles. The van der Waals surface area contributed by atoms with Gasteiger partial charge in [-0.15, -0.1) is 0 Å². The first-order chi connectivity index (χ1) is 12.1. The number of aromatic amines is 1. The topological polar surface area (TPSA) is 122 Å². The maximum absolute atomic E-state index is 13.1. The maximum Gasteiger partial charge on any atom is 0.407 e. The summed E-state index contributed by atoms with van der Waals surface area (Å²) in [5.41, 5.74) is -2.69. The molecule has 0 fully saturated rings. The lowest BCUT2D eigenvalue weighted by Crippen LogP contribution is -2.40. The Morgan fingerprint density at radius 2 is 1.69 bits per heavy atom. The minimum absolute atomic E-state index is 0.297. The maximum atomic E-state index is 13.1. The van der Waals surface area contributed by atoms with Crippen LogP contribution in [0.4, 0.5) is 14.0 Å². The molecule has 0 radical (unpaired) electrons. The van der Waals surface area contributed by atoms with Crippen molar-refractivity contribution < 1.29 is 18.7 Å². The highest BCUT2D eigenvalue weighted by Crippen LogP contribution is 2.06. The molecule has 1 rings (SSSR count). The Morgan fingerprint density at radius 3 is 2.27 bits per heavy atom. The number of hydrogen-bond acceptors (Lipinski definition) is 5. The van der Waals surface area contributed by atoms with Crippen LogP contribution in [0.1, 0.15) is 46.5 Å². The third-order valence-electron chi connectivity index (χ3n) is 3.17. The van der Waals surface area contributed by atoms with Crippen LogP contribution in [0.15, 0.2) is 15.8 Å². The molecule has 9 nitrogen and oxygen atoms in total. The highest BCUT2D eigenvalue weighted by atomic mass is 19.1. The number of nitrogens with zero attached hydrogens (tertiary/aromatic N) is 1. The van der Waals surface area contributed by atoms with Crippen molar-refractivity contribution in [2.45, 2.75) is 52.1 Å². The predicted octanol–water partition coefficient (Wildman–Crippen LogP) is 1.32. The van der Waals surface area contributed by atoms with Crippen LogP contribution in [0.5, 0.6) is 0 Å². The van der Waals surface area contributed by atoms with Crippen LogP contribution < -0.4 is 21.9 Å². The molecule has 26 heavy (non-hydrogen) atoms. The standard InChI is InChI=1S/C16H25FN4O5/c1-16(2,3)26-15(25)19-9-7-5-4-6-8-18-13(23)21-10-11(17)12(22)20-14(21)24/h10H,4-9H2,1-3H3,(H,18,23)(H,19,25)(H,20,22,24). The number of H-pyrrole nitrogens is 1. The fourth-order valence-corrected chi connectivity index (χ4v) is 1.99. The molecule has 0 saturated heterocycles. The Hall–Kier alpha value is -2.65. The van der Waals surface area contributed by atoms with E-state index >= 15 is 0 Å². The van der Waals surface area contributed by atoms with Gasteiger partial charge in [-0.25, -0.2) is 19.0 Å². The summed E-state index contributed by atoms with van der Waals surface area (Å²) in [4.78, 5) is 47.2. The molecule has 1 heterocycles. The summed E-state index contributed by atoms with van der Waals surface area (Å²) in [5, 5.41) is 5.12. The smallest absolute Gasteiger partial charge is 0.407 e. The Labute approximate surface area is 149 Å². The molecule has 10 heteroatoms. The molecule has 0 atom stereocenters. The van der Waals surface area contributed by atoms with Crippen LogP contribution in [0.25, 0.3) is 0 Å². The Morgan fingerprint density at radius 1 is 1.12 bits per heavy atom. The van der Waals surface area contributed by atoms with Gasteiger partial charge in [-0.2, -0.15) is 4.39 Å². The van der Waals surface area contributed by atoms with Crippen molar-refractivity contribution in [1.82, 2.24) is 20.2 Å². The summed E-state index contributed by atoms with van der Waals surface area (Å²) in [6.07, 6.45) is 3.14. The van der Waals surface area contributed by atoms with E-state index in [0.717, 1.165) is 19.3 Å². The zero-order valence-electron chi connectivity index (χ0n) is 15.2. The Bertz CT molecular complexity index is 735. The van der Waals surface area contributed by atoms with Gasteiger partial charge < -0.3 is 15.4 Å². The molecular formula is C16H25FN4O5. The van der Waals surface area contributed by atoms with Gasteiger partial charge in [0.25, 0.3) is 5.56 Å². The normalized spacial score (nSPS) is 11.1. The molecule has 0 bridgehead atoms. The first-order valence-electron chi connectivity index (χ1n) is 8.36. The molecule has 0 aliphatic rings. The van der Waals surface area contributed by atoms with E-state index in [9.17, 15) is 23.6 Å². The zero-order valence-corrected chi connectivity index (χ0v) is 15.2. The molecule has 0 aliphatic heterocycles. The number of unbranched alkanes of at least 4 members (excludes halogenated alkanes) is 3. The second-order valence-electron chi connectivity index (χ2n) is 6.68. The van der Waals surface area contributed by atoms with E-state index in [-0.39, 0.29) is 0 Å². The van der Waals surface area contributed by atoms with Crippen molar-refractivity contribution in [1.29, 1.82) is 0 Å². The first kappa shape index (κ1) is 21.4. The molecule has 1 aromatic rings. The number of nitrogens with one attached hydrogen (secondary N) is 3. The molecular weight excluding hydrogens is 347 g/mol. The molecule has 146 valence electrons. The van der Waals surface area contributed by atoms with Crippen molar-refractivity contribution in [2.75, 3.05) is 13.1 Å². The molecule has 0 aromatic carbocycles. The van der Waals surface area contributed by atoms with E-state index in [1.807, 2.05) is 0 Å². The number of carbonyl (C=O) groups excluding carboxylic acids is 2. The van der Waals surface area contributed by atoms with Gasteiger partial charge in [-0.1, -0.05) is 12.8 Å². The summed E-state index contributed by atoms with van der Waals surface area (Å²) < 4.78 is 18.7. The number of amides is 2. The average Bonchev–Trinajstić information content (AvgIpc) is 2.51. The second kappa shape index (κ2) is 9.73. The van der Waals surface area contributed by atoms with Crippen LogP contribution in [0.2, 0.25) is 0 Å². The molecule has 0 unspecified atom stereocenters. The largest absolute Gasteiger partial charge is 0.444 e. The average molecular weight is 372 g/mol. The van der Waals surface area contributed by atoms with Gasteiger partial charge >= 0.3 is 17.8 Å². The number of rotatable bonds is 7. The van der Waals surface area contributed by atoms with E-state index in [0.29, 0.717) is 30.3 Å². The van der Waals surface area contributed by atoms with E-state index in [1.165, 1.54) is 0 Å². The highest BCUT2D eigenvalue weighted by molar-refractivity contribution is 5.76. The lowest BCUT2D eigenvalue weighted by molar-refractivity contribution is 0.0527. The highest BCUT2D eigenvalue weighted by Gasteiger charge is 2.15. The van der Waals surface area contributed by atoms with Gasteiger partial charge in [0.05, 0.1) is 6.20 Å². The summed E-state index contributed by atoms with van der Waals surface area (Å²) in [5.74, 6) is -1.21. The quantitative estimate of drug-likeness (QED) is 0.623. The third-order valence-corrected chi connectivity index (χ3v) is 3.17. The summed E-state index contributed by atoms with van der Waals surface area (Å²) in [6, 6.07) is -0.809. The van der Waals surface area contributed by atoms with Crippen LogP contribution in [0, 0.1) is 5.82 Å². The molecule has 1 aromatic heterocycles. The summed E-state index contributed by atoms with van der Waals surface area (Å²) in [7, 11) is 0. The van der Waals surface area contributed by atoms with E-state index in [2.05, 4.69) is 10.6 Å². The SMILES string of the molecule is CC(C)(C)OC(=O)NCCCCCCNC(=O)n1cc(F)c(=O)[nH]c1=O. The molecule has 0 spiro atoms. The van der Waals surface area contributed by atoms with Gasteiger partial charge in [-0.05, 0) is 33.6 Å². The lowest BCUT2D eigenvalue weighted by Gasteiger charge is -2.19. The van der Waals surface area contributed by atoms with Crippen molar-refractivity contribution in [2.24, 2.45) is 0 Å². The third kappa shape index (κ3) is 7.95. The molecule has 0 aliphatic carbocycles.